The summed E-state index contributed by atoms with van der Waals surface area (Å²) in [4.78, 5) is 0. The maximum Gasteiger partial charge on any atom is 0.0208 e. The van der Waals surface area contributed by atoms with Gasteiger partial charge in [-0.25, -0.2) is 0 Å². The first-order valence-electron chi connectivity index (χ1n) is 5.34. The summed E-state index contributed by atoms with van der Waals surface area (Å²) in [7, 11) is 0. The maximum absolute atomic E-state index is 3.55. The summed E-state index contributed by atoms with van der Waals surface area (Å²) in [6, 6.07) is 9.40. The van der Waals surface area contributed by atoms with Gasteiger partial charge in [0.05, 0.1) is 0 Å². The van der Waals surface area contributed by atoms with Crippen molar-refractivity contribution in [3.63, 3.8) is 0 Å². The average molecular weight is 190 g/mol. The molecule has 2 heteroatoms. The summed E-state index contributed by atoms with van der Waals surface area (Å²) in [5.74, 6) is 0. The van der Waals surface area contributed by atoms with Gasteiger partial charge in [0.15, 0.2) is 0 Å². The highest BCUT2D eigenvalue weighted by atomic mass is 15.0. The second-order valence-electron chi connectivity index (χ2n) is 4.06. The lowest BCUT2D eigenvalue weighted by molar-refractivity contribution is 0.547. The molecule has 1 aliphatic heterocycles. The number of benzene rings is 1. The zero-order chi connectivity index (χ0) is 9.80. The smallest absolute Gasteiger partial charge is 0.0208 e. The van der Waals surface area contributed by atoms with Crippen molar-refractivity contribution in [2.75, 3.05) is 13.1 Å². The van der Waals surface area contributed by atoms with E-state index >= 15 is 0 Å². The highest BCUT2D eigenvalue weighted by molar-refractivity contribution is 5.21. The SMILES string of the molecule is Cc1ccc(CNC2CCNC2)cc1. The molecule has 1 heterocycles. The van der Waals surface area contributed by atoms with Crippen molar-refractivity contribution < 1.29 is 0 Å². The quantitative estimate of drug-likeness (QED) is 0.754. The van der Waals surface area contributed by atoms with Gasteiger partial charge in [0.1, 0.15) is 0 Å². The monoisotopic (exact) mass is 190 g/mol. The van der Waals surface area contributed by atoms with Crippen molar-refractivity contribution in [3.8, 4) is 0 Å². The number of hydrogen-bond donors (Lipinski definition) is 2. The Hall–Kier alpha value is -0.860. The summed E-state index contributed by atoms with van der Waals surface area (Å²) in [6.45, 7) is 5.39. The van der Waals surface area contributed by atoms with E-state index in [4.69, 9.17) is 0 Å². The summed E-state index contributed by atoms with van der Waals surface area (Å²) in [5, 5.41) is 6.91. The Labute approximate surface area is 85.7 Å². The number of rotatable bonds is 3. The van der Waals surface area contributed by atoms with E-state index < -0.39 is 0 Å². The maximum atomic E-state index is 3.55. The van der Waals surface area contributed by atoms with E-state index in [1.807, 2.05) is 0 Å². The molecule has 1 aromatic rings. The van der Waals surface area contributed by atoms with Crippen LogP contribution in [-0.2, 0) is 6.54 Å². The minimum Gasteiger partial charge on any atom is -0.315 e. The molecule has 0 aliphatic carbocycles. The zero-order valence-corrected chi connectivity index (χ0v) is 8.72. The van der Waals surface area contributed by atoms with Crippen LogP contribution < -0.4 is 10.6 Å². The Balaban J connectivity index is 1.82. The molecule has 0 spiro atoms. The van der Waals surface area contributed by atoms with Crippen LogP contribution in [0.5, 0.6) is 0 Å². The lowest BCUT2D eigenvalue weighted by Gasteiger charge is -2.10. The van der Waals surface area contributed by atoms with Crippen LogP contribution >= 0.6 is 0 Å². The Bertz CT molecular complexity index is 273. The van der Waals surface area contributed by atoms with Gasteiger partial charge in [-0.3, -0.25) is 0 Å². The molecule has 0 saturated carbocycles. The standard InChI is InChI=1S/C12H18N2/c1-10-2-4-11(5-3-10)8-14-12-6-7-13-9-12/h2-5,12-14H,6-9H2,1H3. The van der Waals surface area contributed by atoms with Gasteiger partial charge in [-0.1, -0.05) is 29.8 Å². The van der Waals surface area contributed by atoms with E-state index in [0.29, 0.717) is 6.04 Å². The molecule has 0 amide bonds. The molecule has 1 saturated heterocycles. The average Bonchev–Trinajstić information content (AvgIpc) is 2.70. The Kier molecular flexibility index (Phi) is 3.17. The van der Waals surface area contributed by atoms with Crippen LogP contribution in [0.4, 0.5) is 0 Å². The zero-order valence-electron chi connectivity index (χ0n) is 8.72. The molecule has 2 N–H and O–H groups in total. The van der Waals surface area contributed by atoms with Crippen LogP contribution in [0.25, 0.3) is 0 Å². The summed E-state index contributed by atoms with van der Waals surface area (Å²) >= 11 is 0. The van der Waals surface area contributed by atoms with Gasteiger partial charge in [0, 0.05) is 19.1 Å². The Morgan fingerprint density at radius 1 is 1.36 bits per heavy atom. The van der Waals surface area contributed by atoms with Crippen molar-refractivity contribution in [2.45, 2.75) is 25.9 Å². The van der Waals surface area contributed by atoms with Crippen LogP contribution in [0, 0.1) is 6.92 Å². The van der Waals surface area contributed by atoms with Crippen LogP contribution in [0.1, 0.15) is 17.5 Å². The highest BCUT2D eigenvalue weighted by Crippen LogP contribution is 2.04. The van der Waals surface area contributed by atoms with Gasteiger partial charge in [-0.15, -0.1) is 0 Å². The van der Waals surface area contributed by atoms with E-state index in [1.165, 1.54) is 17.5 Å². The predicted molar refractivity (Wildman–Crippen MR) is 59.3 cm³/mol. The van der Waals surface area contributed by atoms with Crippen molar-refractivity contribution >= 4 is 0 Å². The summed E-state index contributed by atoms with van der Waals surface area (Å²) in [6.07, 6.45) is 1.26. The van der Waals surface area contributed by atoms with E-state index in [2.05, 4.69) is 41.8 Å². The number of hydrogen-bond acceptors (Lipinski definition) is 2. The van der Waals surface area contributed by atoms with Crippen LogP contribution in [-0.4, -0.2) is 19.1 Å². The first-order chi connectivity index (χ1) is 6.84. The lowest BCUT2D eigenvalue weighted by atomic mass is 10.1. The van der Waals surface area contributed by atoms with Gasteiger partial charge < -0.3 is 10.6 Å². The molecule has 2 rings (SSSR count). The van der Waals surface area contributed by atoms with Crippen LogP contribution in [0.15, 0.2) is 24.3 Å². The third kappa shape index (κ3) is 2.56. The molecule has 1 aliphatic rings. The van der Waals surface area contributed by atoms with Gasteiger partial charge >= 0.3 is 0 Å². The molecule has 76 valence electrons. The molecule has 0 bridgehead atoms. The van der Waals surface area contributed by atoms with Crippen LogP contribution in [0.2, 0.25) is 0 Å². The number of nitrogens with one attached hydrogen (secondary N) is 2. The summed E-state index contributed by atoms with van der Waals surface area (Å²) < 4.78 is 0. The normalized spacial score (nSPS) is 21.4. The molecule has 0 aromatic heterocycles. The first-order valence-corrected chi connectivity index (χ1v) is 5.34. The molecule has 1 unspecified atom stereocenters. The van der Waals surface area contributed by atoms with E-state index in [0.717, 1.165) is 19.6 Å². The third-order valence-electron chi connectivity index (χ3n) is 2.78. The third-order valence-corrected chi connectivity index (χ3v) is 2.78. The fourth-order valence-electron chi connectivity index (χ4n) is 1.80. The van der Waals surface area contributed by atoms with Crippen molar-refractivity contribution in [2.24, 2.45) is 0 Å². The van der Waals surface area contributed by atoms with Gasteiger partial charge in [0.25, 0.3) is 0 Å². The highest BCUT2D eigenvalue weighted by Gasteiger charge is 2.12. The molecule has 2 nitrogen and oxygen atoms in total. The van der Waals surface area contributed by atoms with Crippen molar-refractivity contribution in [1.29, 1.82) is 0 Å². The molecule has 1 fully saturated rings. The molecular weight excluding hydrogens is 172 g/mol. The Morgan fingerprint density at radius 2 is 2.14 bits per heavy atom. The Morgan fingerprint density at radius 3 is 2.79 bits per heavy atom. The lowest BCUT2D eigenvalue weighted by Crippen LogP contribution is -2.30. The fraction of sp³-hybridized carbons (Fsp3) is 0.500. The molecule has 0 radical (unpaired) electrons. The predicted octanol–water partition coefficient (Wildman–Crippen LogP) is 1.45. The van der Waals surface area contributed by atoms with Crippen LogP contribution in [0.3, 0.4) is 0 Å². The van der Waals surface area contributed by atoms with Gasteiger partial charge in [0.2, 0.25) is 0 Å². The van der Waals surface area contributed by atoms with Gasteiger partial charge in [-0.2, -0.15) is 0 Å². The number of aryl methyl sites for hydroxylation is 1. The van der Waals surface area contributed by atoms with E-state index in [1.54, 1.807) is 0 Å². The van der Waals surface area contributed by atoms with E-state index in [9.17, 15) is 0 Å². The van der Waals surface area contributed by atoms with Gasteiger partial charge in [-0.05, 0) is 25.5 Å². The minimum atomic E-state index is 0.663. The topological polar surface area (TPSA) is 24.1 Å². The van der Waals surface area contributed by atoms with Crippen molar-refractivity contribution in [3.05, 3.63) is 35.4 Å². The summed E-state index contributed by atoms with van der Waals surface area (Å²) in [5.41, 5.74) is 2.71. The second-order valence-corrected chi connectivity index (χ2v) is 4.06. The second kappa shape index (κ2) is 4.58. The first kappa shape index (κ1) is 9.69. The molecule has 1 aromatic carbocycles. The largest absolute Gasteiger partial charge is 0.315 e. The fourth-order valence-corrected chi connectivity index (χ4v) is 1.80. The molecular formula is C12H18N2. The van der Waals surface area contributed by atoms with E-state index in [-0.39, 0.29) is 0 Å². The molecule has 14 heavy (non-hydrogen) atoms. The molecule has 1 atom stereocenters. The minimum absolute atomic E-state index is 0.663. The van der Waals surface area contributed by atoms with Crippen molar-refractivity contribution in [1.82, 2.24) is 10.6 Å².